The Morgan fingerprint density at radius 3 is 2.36 bits per heavy atom. The summed E-state index contributed by atoms with van der Waals surface area (Å²) in [5.41, 5.74) is -0.0548. The maximum atomic E-state index is 11.9. The summed E-state index contributed by atoms with van der Waals surface area (Å²) < 4.78 is 27.6. The van der Waals surface area contributed by atoms with Crippen LogP contribution >= 0.6 is 11.6 Å². The van der Waals surface area contributed by atoms with Crippen molar-refractivity contribution >= 4 is 33.5 Å². The van der Waals surface area contributed by atoms with Gasteiger partial charge < -0.3 is 9.64 Å². The number of rotatable bonds is 6. The van der Waals surface area contributed by atoms with Crippen molar-refractivity contribution < 1.29 is 22.7 Å². The number of carbonyl (C=O) groups excluding carboxylic acids is 2. The standard InChI is InChI=1S/C13H17ClN2O5S/c1-3-16(4-2)12(17)8-21-13(18)9-5-6-10(14)11(7-9)22(15,19)20/h5-7H,3-4,8H2,1-2H3,(H2,15,19,20). The van der Waals surface area contributed by atoms with E-state index in [1.807, 2.05) is 0 Å². The number of ether oxygens (including phenoxy) is 1. The smallest absolute Gasteiger partial charge is 0.338 e. The molecule has 0 aliphatic rings. The molecular formula is C13H17ClN2O5S. The number of nitrogens with two attached hydrogens (primary N) is 1. The van der Waals surface area contributed by atoms with Crippen molar-refractivity contribution in [3.8, 4) is 0 Å². The molecule has 0 saturated heterocycles. The predicted octanol–water partition coefficient (Wildman–Crippen LogP) is 1.01. The molecule has 0 atom stereocenters. The lowest BCUT2D eigenvalue weighted by molar-refractivity contribution is -0.134. The summed E-state index contributed by atoms with van der Waals surface area (Å²) in [4.78, 5) is 24.7. The van der Waals surface area contributed by atoms with E-state index in [-0.39, 0.29) is 21.4 Å². The minimum absolute atomic E-state index is 0.0548. The topological polar surface area (TPSA) is 107 Å². The third kappa shape index (κ3) is 4.69. The molecule has 0 saturated carbocycles. The molecule has 1 rings (SSSR count). The molecule has 1 amide bonds. The second-order valence-electron chi connectivity index (χ2n) is 4.33. The van der Waals surface area contributed by atoms with E-state index >= 15 is 0 Å². The normalized spacial score (nSPS) is 11.1. The highest BCUT2D eigenvalue weighted by Gasteiger charge is 2.18. The minimum atomic E-state index is -4.06. The third-order valence-electron chi connectivity index (χ3n) is 2.92. The van der Waals surface area contributed by atoms with Gasteiger partial charge in [0.05, 0.1) is 10.6 Å². The van der Waals surface area contributed by atoms with Crippen LogP contribution in [-0.4, -0.2) is 44.9 Å². The van der Waals surface area contributed by atoms with Gasteiger partial charge in [-0.1, -0.05) is 11.6 Å². The SMILES string of the molecule is CCN(CC)C(=O)COC(=O)c1ccc(Cl)c(S(N)(=O)=O)c1. The Bertz CT molecular complexity index is 671. The largest absolute Gasteiger partial charge is 0.452 e. The monoisotopic (exact) mass is 348 g/mol. The number of sulfonamides is 1. The zero-order valence-electron chi connectivity index (χ0n) is 12.2. The summed E-state index contributed by atoms with van der Waals surface area (Å²) in [7, 11) is -4.06. The highest BCUT2D eigenvalue weighted by atomic mass is 35.5. The average molecular weight is 349 g/mol. The number of primary sulfonamides is 1. The van der Waals surface area contributed by atoms with E-state index < -0.39 is 22.6 Å². The Hall–Kier alpha value is -1.64. The number of esters is 1. The van der Waals surface area contributed by atoms with Crippen LogP contribution in [0.15, 0.2) is 23.1 Å². The van der Waals surface area contributed by atoms with E-state index in [0.29, 0.717) is 13.1 Å². The molecule has 0 spiro atoms. The lowest BCUT2D eigenvalue weighted by Crippen LogP contribution is -2.34. The Morgan fingerprint density at radius 1 is 1.27 bits per heavy atom. The maximum Gasteiger partial charge on any atom is 0.338 e. The third-order valence-corrected chi connectivity index (χ3v) is 4.31. The van der Waals surface area contributed by atoms with Crippen molar-refractivity contribution in [2.24, 2.45) is 5.14 Å². The highest BCUT2D eigenvalue weighted by molar-refractivity contribution is 7.89. The Kier molecular flexibility index (Phi) is 6.34. The van der Waals surface area contributed by atoms with Gasteiger partial charge in [0.2, 0.25) is 10.0 Å². The molecule has 1 aromatic rings. The molecule has 122 valence electrons. The average Bonchev–Trinajstić information content (AvgIpc) is 2.45. The summed E-state index contributed by atoms with van der Waals surface area (Å²) in [5.74, 6) is -1.17. The summed E-state index contributed by atoms with van der Waals surface area (Å²) in [6.07, 6.45) is 0. The first-order valence-corrected chi connectivity index (χ1v) is 8.40. The molecule has 0 aliphatic heterocycles. The van der Waals surface area contributed by atoms with Crippen LogP contribution in [0.5, 0.6) is 0 Å². The number of carbonyl (C=O) groups is 2. The van der Waals surface area contributed by atoms with Crippen LogP contribution in [0.4, 0.5) is 0 Å². The quantitative estimate of drug-likeness (QED) is 0.772. The number of hydrogen-bond acceptors (Lipinski definition) is 5. The minimum Gasteiger partial charge on any atom is -0.452 e. The maximum absolute atomic E-state index is 11.9. The van der Waals surface area contributed by atoms with Crippen molar-refractivity contribution in [3.05, 3.63) is 28.8 Å². The number of likely N-dealkylation sites (N-methyl/N-ethyl adjacent to an activating group) is 1. The molecule has 0 bridgehead atoms. The Balaban J connectivity index is 2.85. The summed E-state index contributed by atoms with van der Waals surface area (Å²) in [5, 5.41) is 4.90. The van der Waals surface area contributed by atoms with Crippen LogP contribution in [-0.2, 0) is 19.6 Å². The molecule has 22 heavy (non-hydrogen) atoms. The molecule has 0 fully saturated rings. The van der Waals surface area contributed by atoms with E-state index in [2.05, 4.69) is 0 Å². The van der Waals surface area contributed by atoms with Crippen molar-refractivity contribution in [2.45, 2.75) is 18.7 Å². The Morgan fingerprint density at radius 2 is 1.86 bits per heavy atom. The molecule has 9 heteroatoms. The van der Waals surface area contributed by atoms with Gasteiger partial charge >= 0.3 is 5.97 Å². The van der Waals surface area contributed by atoms with E-state index in [9.17, 15) is 18.0 Å². The van der Waals surface area contributed by atoms with E-state index in [0.717, 1.165) is 6.07 Å². The van der Waals surface area contributed by atoms with E-state index in [4.69, 9.17) is 21.5 Å². The van der Waals surface area contributed by atoms with Gasteiger partial charge in [0.1, 0.15) is 4.90 Å². The number of nitrogens with zero attached hydrogens (tertiary/aromatic N) is 1. The Labute approximate surface area is 134 Å². The fourth-order valence-electron chi connectivity index (χ4n) is 1.73. The van der Waals surface area contributed by atoms with E-state index in [1.165, 1.54) is 17.0 Å². The number of amides is 1. The first-order valence-electron chi connectivity index (χ1n) is 6.48. The summed E-state index contributed by atoms with van der Waals surface area (Å²) in [6.45, 7) is 4.20. The van der Waals surface area contributed by atoms with Crippen LogP contribution < -0.4 is 5.14 Å². The van der Waals surface area contributed by atoms with Crippen molar-refractivity contribution in [1.82, 2.24) is 4.90 Å². The number of benzene rings is 1. The molecular weight excluding hydrogens is 332 g/mol. The molecule has 0 radical (unpaired) electrons. The van der Waals surface area contributed by atoms with Gasteiger partial charge in [0.25, 0.3) is 5.91 Å². The number of halogens is 1. The zero-order chi connectivity index (χ0) is 16.9. The van der Waals surface area contributed by atoms with Gasteiger partial charge in [-0.2, -0.15) is 0 Å². The summed E-state index contributed by atoms with van der Waals surface area (Å²) >= 11 is 5.72. The van der Waals surface area contributed by atoms with Gasteiger partial charge in [-0.05, 0) is 32.0 Å². The van der Waals surface area contributed by atoms with Gasteiger partial charge in [-0.3, -0.25) is 4.79 Å². The van der Waals surface area contributed by atoms with Crippen molar-refractivity contribution in [1.29, 1.82) is 0 Å². The van der Waals surface area contributed by atoms with Crippen molar-refractivity contribution in [2.75, 3.05) is 19.7 Å². The van der Waals surface area contributed by atoms with Gasteiger partial charge in [-0.15, -0.1) is 0 Å². The van der Waals surface area contributed by atoms with Gasteiger partial charge in [0, 0.05) is 13.1 Å². The molecule has 2 N–H and O–H groups in total. The second kappa shape index (κ2) is 7.57. The summed E-state index contributed by atoms with van der Waals surface area (Å²) in [6, 6.07) is 3.53. The molecule has 0 aliphatic carbocycles. The fraction of sp³-hybridized carbons (Fsp3) is 0.385. The zero-order valence-corrected chi connectivity index (χ0v) is 13.8. The fourth-order valence-corrected chi connectivity index (χ4v) is 2.80. The van der Waals surface area contributed by atoms with Gasteiger partial charge in [0.15, 0.2) is 6.61 Å². The lowest BCUT2D eigenvalue weighted by Gasteiger charge is -2.18. The first kappa shape index (κ1) is 18.4. The predicted molar refractivity (Wildman–Crippen MR) is 81.0 cm³/mol. The van der Waals surface area contributed by atoms with Crippen LogP contribution in [0, 0.1) is 0 Å². The van der Waals surface area contributed by atoms with E-state index in [1.54, 1.807) is 13.8 Å². The second-order valence-corrected chi connectivity index (χ2v) is 6.27. The van der Waals surface area contributed by atoms with Crippen LogP contribution in [0.25, 0.3) is 0 Å². The van der Waals surface area contributed by atoms with Crippen LogP contribution in [0.2, 0.25) is 5.02 Å². The van der Waals surface area contributed by atoms with Crippen LogP contribution in [0.3, 0.4) is 0 Å². The first-order chi connectivity index (χ1) is 10.2. The number of hydrogen-bond donors (Lipinski definition) is 1. The molecule has 0 heterocycles. The lowest BCUT2D eigenvalue weighted by atomic mass is 10.2. The molecule has 1 aromatic carbocycles. The van der Waals surface area contributed by atoms with Crippen molar-refractivity contribution in [3.63, 3.8) is 0 Å². The highest BCUT2D eigenvalue weighted by Crippen LogP contribution is 2.21. The molecule has 7 nitrogen and oxygen atoms in total. The van der Waals surface area contributed by atoms with Gasteiger partial charge in [-0.25, -0.2) is 18.4 Å². The van der Waals surface area contributed by atoms with Crippen LogP contribution in [0.1, 0.15) is 24.2 Å². The molecule has 0 aromatic heterocycles. The molecule has 0 unspecified atom stereocenters.